The molecular weight excluding hydrogens is 100 g/mol. The third kappa shape index (κ3) is 2.99. The molecule has 0 aromatic carbocycles. The number of nitrogens with two attached hydrogens (primary N) is 1. The van der Waals surface area contributed by atoms with E-state index in [4.69, 9.17) is 5.84 Å². The molecule has 0 heterocycles. The van der Waals surface area contributed by atoms with Crippen molar-refractivity contribution in [2.24, 2.45) is 5.84 Å². The van der Waals surface area contributed by atoms with Crippen LogP contribution in [0, 0.1) is 0 Å². The van der Waals surface area contributed by atoms with Crippen LogP contribution in [0.3, 0.4) is 0 Å². The topological polar surface area (TPSA) is 29.3 Å². The van der Waals surface area contributed by atoms with Crippen molar-refractivity contribution >= 4 is 0 Å². The monoisotopic (exact) mass is 116 g/mol. The van der Waals surface area contributed by atoms with E-state index in [1.807, 2.05) is 7.05 Å². The highest BCUT2D eigenvalue weighted by Crippen LogP contribution is 1.97. The Morgan fingerprint density at radius 1 is 1.62 bits per heavy atom. The molecule has 2 nitrogen and oxygen atoms in total. The Bertz CT molecular complexity index is 52.5. The zero-order valence-electron chi connectivity index (χ0n) is 6.02. The molecule has 0 saturated heterocycles. The van der Waals surface area contributed by atoms with Gasteiger partial charge in [0.25, 0.3) is 0 Å². The summed E-state index contributed by atoms with van der Waals surface area (Å²) in [5, 5.41) is 1.75. The van der Waals surface area contributed by atoms with Gasteiger partial charge in [-0.3, -0.25) is 5.84 Å². The highest BCUT2D eigenvalue weighted by atomic mass is 15.4. The van der Waals surface area contributed by atoms with Crippen molar-refractivity contribution in [3.8, 4) is 0 Å². The van der Waals surface area contributed by atoms with E-state index in [1.165, 1.54) is 12.8 Å². The molecule has 0 bridgehead atoms. The smallest absolute Gasteiger partial charge is 0.0209 e. The van der Waals surface area contributed by atoms with Crippen molar-refractivity contribution in [3.63, 3.8) is 0 Å². The highest BCUT2D eigenvalue weighted by Gasteiger charge is 2.00. The average molecular weight is 116 g/mol. The maximum Gasteiger partial charge on any atom is 0.0209 e. The maximum atomic E-state index is 5.46. The lowest BCUT2D eigenvalue weighted by molar-refractivity contribution is 0.252. The Balaban J connectivity index is 3.17. The van der Waals surface area contributed by atoms with E-state index in [0.29, 0.717) is 6.04 Å². The summed E-state index contributed by atoms with van der Waals surface area (Å²) in [7, 11) is 1.90. The molecule has 0 amide bonds. The van der Waals surface area contributed by atoms with Gasteiger partial charge < -0.3 is 0 Å². The minimum atomic E-state index is 0.528. The third-order valence-electron chi connectivity index (χ3n) is 1.40. The Morgan fingerprint density at radius 3 is 2.25 bits per heavy atom. The summed E-state index contributed by atoms with van der Waals surface area (Å²) in [5.74, 6) is 5.46. The van der Waals surface area contributed by atoms with E-state index in [2.05, 4.69) is 13.8 Å². The van der Waals surface area contributed by atoms with Gasteiger partial charge in [-0.15, -0.1) is 0 Å². The van der Waals surface area contributed by atoms with Crippen molar-refractivity contribution in [3.05, 3.63) is 0 Å². The molecule has 0 aliphatic carbocycles. The Kier molecular flexibility index (Phi) is 3.83. The normalized spacial score (nSPS) is 14.6. The Labute approximate surface area is 51.6 Å². The van der Waals surface area contributed by atoms with E-state index in [0.717, 1.165) is 0 Å². The van der Waals surface area contributed by atoms with Crippen molar-refractivity contribution in [1.29, 1.82) is 0 Å². The van der Waals surface area contributed by atoms with Crippen molar-refractivity contribution < 1.29 is 0 Å². The summed E-state index contributed by atoms with van der Waals surface area (Å²) in [6.07, 6.45) is 2.40. The predicted molar refractivity (Wildman–Crippen MR) is 36.3 cm³/mol. The molecule has 0 aromatic rings. The minimum Gasteiger partial charge on any atom is -0.269 e. The van der Waals surface area contributed by atoms with Gasteiger partial charge >= 0.3 is 0 Å². The van der Waals surface area contributed by atoms with Crippen LogP contribution in [0.5, 0.6) is 0 Å². The molecule has 2 heteroatoms. The van der Waals surface area contributed by atoms with Crippen molar-refractivity contribution in [2.45, 2.75) is 32.7 Å². The van der Waals surface area contributed by atoms with Crippen molar-refractivity contribution in [2.75, 3.05) is 7.05 Å². The number of rotatable bonds is 3. The average Bonchev–Trinajstić information content (AvgIpc) is 1.67. The SMILES string of the molecule is CCCC(C)N(C)N. The lowest BCUT2D eigenvalue weighted by atomic mass is 10.2. The number of nitrogens with zero attached hydrogens (tertiary/aromatic N) is 1. The fourth-order valence-corrected chi connectivity index (χ4v) is 0.621. The third-order valence-corrected chi connectivity index (χ3v) is 1.40. The van der Waals surface area contributed by atoms with Gasteiger partial charge in [0, 0.05) is 13.1 Å². The molecule has 0 aromatic heterocycles. The molecule has 0 radical (unpaired) electrons. The predicted octanol–water partition coefficient (Wildman–Crippen LogP) is 0.980. The van der Waals surface area contributed by atoms with Gasteiger partial charge in [-0.25, -0.2) is 5.01 Å². The Morgan fingerprint density at radius 2 is 2.12 bits per heavy atom. The number of hydrogen-bond acceptors (Lipinski definition) is 2. The van der Waals surface area contributed by atoms with Crippen LogP contribution in [0.4, 0.5) is 0 Å². The van der Waals surface area contributed by atoms with Gasteiger partial charge in [0.05, 0.1) is 0 Å². The van der Waals surface area contributed by atoms with Crippen LogP contribution in [0.15, 0.2) is 0 Å². The molecule has 0 spiro atoms. The van der Waals surface area contributed by atoms with Crippen LogP contribution in [-0.4, -0.2) is 18.1 Å². The zero-order chi connectivity index (χ0) is 6.57. The Hall–Kier alpha value is -0.0800. The summed E-state index contributed by atoms with van der Waals surface area (Å²) in [4.78, 5) is 0. The van der Waals surface area contributed by atoms with E-state index < -0.39 is 0 Å². The number of hydrogen-bond donors (Lipinski definition) is 1. The first-order valence-corrected chi connectivity index (χ1v) is 3.16. The molecule has 8 heavy (non-hydrogen) atoms. The summed E-state index contributed by atoms with van der Waals surface area (Å²) < 4.78 is 0. The minimum absolute atomic E-state index is 0.528. The van der Waals surface area contributed by atoms with Gasteiger partial charge in [0.2, 0.25) is 0 Å². The first-order valence-electron chi connectivity index (χ1n) is 3.16. The molecule has 0 aliphatic rings. The standard InChI is InChI=1S/C6H16N2/c1-4-5-6(2)8(3)7/h6H,4-5,7H2,1-3H3. The quantitative estimate of drug-likeness (QED) is 0.440. The molecule has 0 aliphatic heterocycles. The molecule has 0 rings (SSSR count). The molecule has 1 atom stereocenters. The summed E-state index contributed by atoms with van der Waals surface area (Å²) in [6.45, 7) is 4.30. The fraction of sp³-hybridized carbons (Fsp3) is 1.00. The van der Waals surface area contributed by atoms with Gasteiger partial charge in [-0.05, 0) is 13.3 Å². The molecule has 0 fully saturated rings. The largest absolute Gasteiger partial charge is 0.269 e. The molecule has 2 N–H and O–H groups in total. The van der Waals surface area contributed by atoms with E-state index in [1.54, 1.807) is 5.01 Å². The number of hydrazine groups is 1. The second-order valence-corrected chi connectivity index (χ2v) is 2.30. The van der Waals surface area contributed by atoms with Gasteiger partial charge in [-0.1, -0.05) is 13.3 Å². The van der Waals surface area contributed by atoms with E-state index in [9.17, 15) is 0 Å². The second-order valence-electron chi connectivity index (χ2n) is 2.30. The van der Waals surface area contributed by atoms with Crippen LogP contribution >= 0.6 is 0 Å². The van der Waals surface area contributed by atoms with Crippen LogP contribution in [0.1, 0.15) is 26.7 Å². The van der Waals surface area contributed by atoms with Crippen LogP contribution in [0.25, 0.3) is 0 Å². The fourth-order valence-electron chi connectivity index (χ4n) is 0.621. The first kappa shape index (κ1) is 7.92. The van der Waals surface area contributed by atoms with Gasteiger partial charge in [0.1, 0.15) is 0 Å². The van der Waals surface area contributed by atoms with E-state index >= 15 is 0 Å². The van der Waals surface area contributed by atoms with Crippen LogP contribution in [0.2, 0.25) is 0 Å². The van der Waals surface area contributed by atoms with Gasteiger partial charge in [-0.2, -0.15) is 0 Å². The summed E-state index contributed by atoms with van der Waals surface area (Å²) in [6, 6.07) is 0.528. The summed E-state index contributed by atoms with van der Waals surface area (Å²) in [5.41, 5.74) is 0. The lowest BCUT2D eigenvalue weighted by Gasteiger charge is -2.17. The van der Waals surface area contributed by atoms with Crippen LogP contribution in [-0.2, 0) is 0 Å². The second kappa shape index (κ2) is 3.87. The summed E-state index contributed by atoms with van der Waals surface area (Å²) >= 11 is 0. The van der Waals surface area contributed by atoms with E-state index in [-0.39, 0.29) is 0 Å². The molecule has 1 unspecified atom stereocenters. The molecule has 0 saturated carbocycles. The molecular formula is C6H16N2. The molecule has 50 valence electrons. The van der Waals surface area contributed by atoms with Gasteiger partial charge in [0.15, 0.2) is 0 Å². The lowest BCUT2D eigenvalue weighted by Crippen LogP contribution is -2.34. The first-order chi connectivity index (χ1) is 3.68. The maximum absolute atomic E-state index is 5.46. The highest BCUT2D eigenvalue weighted by molar-refractivity contribution is 4.54. The van der Waals surface area contributed by atoms with Crippen LogP contribution < -0.4 is 5.84 Å². The zero-order valence-corrected chi connectivity index (χ0v) is 6.02. The van der Waals surface area contributed by atoms with Crippen molar-refractivity contribution in [1.82, 2.24) is 5.01 Å².